The average molecular weight is 514 g/mol. The molecule has 1 unspecified atom stereocenters. The lowest BCUT2D eigenvalue weighted by Crippen LogP contribution is -2.43. The van der Waals surface area contributed by atoms with Gasteiger partial charge in [0.1, 0.15) is 5.92 Å². The van der Waals surface area contributed by atoms with E-state index in [1.165, 1.54) is 17.7 Å². The number of hydrogen-bond acceptors (Lipinski definition) is 8. The van der Waals surface area contributed by atoms with E-state index in [1.54, 1.807) is 12.1 Å². The summed E-state index contributed by atoms with van der Waals surface area (Å²) in [4.78, 5) is 33.7. The zero-order valence-corrected chi connectivity index (χ0v) is 20.9. The van der Waals surface area contributed by atoms with Gasteiger partial charge >= 0.3 is 0 Å². The number of likely N-dealkylation sites (N-methyl/N-ethyl adjacent to an activating group) is 1. The van der Waals surface area contributed by atoms with Gasteiger partial charge in [-0.3, -0.25) is 24.8 Å². The number of amides is 1. The molecule has 3 aromatic rings. The average Bonchev–Trinajstić information content (AvgIpc) is 3.52. The molecule has 3 aromatic carbocycles. The van der Waals surface area contributed by atoms with Crippen molar-refractivity contribution in [3.05, 3.63) is 87.5 Å². The van der Waals surface area contributed by atoms with Crippen LogP contribution in [0.3, 0.4) is 0 Å². The second-order valence-corrected chi connectivity index (χ2v) is 9.76. The van der Waals surface area contributed by atoms with Gasteiger partial charge in [0.25, 0.3) is 5.69 Å². The topological polar surface area (TPSA) is 110 Å². The van der Waals surface area contributed by atoms with E-state index >= 15 is 0 Å². The van der Waals surface area contributed by atoms with E-state index in [0.29, 0.717) is 39.7 Å². The van der Waals surface area contributed by atoms with E-state index < -0.39 is 10.8 Å². The van der Waals surface area contributed by atoms with Gasteiger partial charge in [0.2, 0.25) is 12.7 Å². The Morgan fingerprint density at radius 3 is 2.55 bits per heavy atom. The van der Waals surface area contributed by atoms with E-state index in [0.717, 1.165) is 32.7 Å². The molecule has 3 heterocycles. The number of nitrogens with one attached hydrogen (secondary N) is 1. The smallest absolute Gasteiger partial charge is 0.271 e. The summed E-state index contributed by atoms with van der Waals surface area (Å²) >= 11 is 0. The number of nitrogens with zero attached hydrogens (tertiary/aromatic N) is 4. The monoisotopic (exact) mass is 513 g/mol. The number of non-ortho nitro benzene ring substituents is 1. The van der Waals surface area contributed by atoms with Gasteiger partial charge in [-0.25, -0.2) is 0 Å². The van der Waals surface area contributed by atoms with Crippen LogP contribution in [0.5, 0.6) is 11.5 Å². The minimum atomic E-state index is -0.740. The third-order valence-electron chi connectivity index (χ3n) is 7.21. The summed E-state index contributed by atoms with van der Waals surface area (Å²) in [5.41, 5.74) is 4.13. The van der Waals surface area contributed by atoms with E-state index in [-0.39, 0.29) is 18.4 Å². The number of nitro benzene ring substituents is 1. The summed E-state index contributed by atoms with van der Waals surface area (Å²) in [7, 11) is 2.14. The molecule has 0 spiro atoms. The summed E-state index contributed by atoms with van der Waals surface area (Å²) in [6, 6.07) is 18.0. The predicted molar refractivity (Wildman–Crippen MR) is 142 cm³/mol. The number of ether oxygens (including phenoxy) is 2. The molecule has 1 N–H and O–H groups in total. The fourth-order valence-corrected chi connectivity index (χ4v) is 5.07. The SMILES string of the molecule is CN1CCN(Cc2ccc(N=C(c3ccc4c(c3)OCO4)C3C(=O)Nc4cc([N+](=O)[O-])ccc43)cc2)CC1. The molecule has 0 radical (unpaired) electrons. The number of hydrogen-bond donors (Lipinski definition) is 1. The molecule has 1 atom stereocenters. The number of fused-ring (bicyclic) bond motifs is 2. The molecule has 3 aliphatic heterocycles. The number of carbonyl (C=O) groups excluding carboxylic acids is 1. The van der Waals surface area contributed by atoms with Crippen LogP contribution in [0.15, 0.2) is 65.7 Å². The van der Waals surface area contributed by atoms with Gasteiger partial charge < -0.3 is 19.7 Å². The fourth-order valence-electron chi connectivity index (χ4n) is 5.07. The van der Waals surface area contributed by atoms with Crippen LogP contribution in [0.1, 0.15) is 22.6 Å². The molecule has 38 heavy (non-hydrogen) atoms. The molecule has 0 aliphatic carbocycles. The summed E-state index contributed by atoms with van der Waals surface area (Å²) in [6.07, 6.45) is 0. The number of carbonyl (C=O) groups is 1. The van der Waals surface area contributed by atoms with Crippen molar-refractivity contribution in [3.8, 4) is 11.5 Å². The summed E-state index contributed by atoms with van der Waals surface area (Å²) in [5.74, 6) is 0.188. The maximum absolute atomic E-state index is 13.2. The van der Waals surface area contributed by atoms with Crippen LogP contribution in [-0.2, 0) is 11.3 Å². The normalized spacial score (nSPS) is 19.3. The van der Waals surface area contributed by atoms with Crippen molar-refractivity contribution in [1.29, 1.82) is 0 Å². The number of benzene rings is 3. The third-order valence-corrected chi connectivity index (χ3v) is 7.21. The van der Waals surface area contributed by atoms with Crippen LogP contribution in [0.4, 0.5) is 17.1 Å². The van der Waals surface area contributed by atoms with Crippen molar-refractivity contribution in [2.45, 2.75) is 12.5 Å². The first-order valence-electron chi connectivity index (χ1n) is 12.5. The summed E-state index contributed by atoms with van der Waals surface area (Å²) in [6.45, 7) is 5.23. The standard InChI is InChI=1S/C28H27N5O5/c1-31-10-12-32(13-11-31)16-18-2-5-20(6-3-18)29-27(19-4-9-24-25(14-19)38-17-37-24)26-22-8-7-21(33(35)36)15-23(22)30-28(26)34/h2-9,14-15,26H,10-13,16-17H2,1H3,(H,30,34). The van der Waals surface area contributed by atoms with Gasteiger partial charge in [-0.05, 0) is 54.6 Å². The van der Waals surface area contributed by atoms with E-state index in [2.05, 4.69) is 34.3 Å². The Morgan fingerprint density at radius 2 is 1.79 bits per heavy atom. The van der Waals surface area contributed by atoms with Gasteiger partial charge in [-0.2, -0.15) is 0 Å². The number of nitro groups is 1. The van der Waals surface area contributed by atoms with E-state index in [9.17, 15) is 14.9 Å². The second kappa shape index (κ2) is 9.88. The first kappa shape index (κ1) is 24.1. The van der Waals surface area contributed by atoms with Crippen molar-refractivity contribution in [3.63, 3.8) is 0 Å². The van der Waals surface area contributed by atoms with Gasteiger partial charge in [-0.1, -0.05) is 12.1 Å². The lowest BCUT2D eigenvalue weighted by atomic mass is 9.90. The zero-order valence-electron chi connectivity index (χ0n) is 20.9. The lowest BCUT2D eigenvalue weighted by molar-refractivity contribution is -0.384. The maximum atomic E-state index is 13.2. The van der Waals surface area contributed by atoms with E-state index in [1.807, 2.05) is 24.3 Å². The molecule has 1 fully saturated rings. The highest BCUT2D eigenvalue weighted by molar-refractivity contribution is 6.24. The largest absolute Gasteiger partial charge is 0.454 e. The Hall–Kier alpha value is -4.28. The Kier molecular flexibility index (Phi) is 6.26. The molecule has 3 aliphatic rings. The van der Waals surface area contributed by atoms with Crippen molar-refractivity contribution in [1.82, 2.24) is 9.80 Å². The molecular weight excluding hydrogens is 486 g/mol. The van der Waals surface area contributed by atoms with Crippen molar-refractivity contribution in [2.75, 3.05) is 45.3 Å². The Morgan fingerprint density at radius 1 is 1.03 bits per heavy atom. The van der Waals surface area contributed by atoms with Crippen molar-refractivity contribution < 1.29 is 19.2 Å². The highest BCUT2D eigenvalue weighted by Gasteiger charge is 2.37. The van der Waals surface area contributed by atoms with Gasteiger partial charge in [0.05, 0.1) is 22.0 Å². The Bertz CT molecular complexity index is 1430. The maximum Gasteiger partial charge on any atom is 0.271 e. The van der Waals surface area contributed by atoms with Crippen LogP contribution in [0.2, 0.25) is 0 Å². The van der Waals surface area contributed by atoms with Gasteiger partial charge in [0.15, 0.2) is 11.5 Å². The minimum Gasteiger partial charge on any atom is -0.454 e. The van der Waals surface area contributed by atoms with Crippen LogP contribution in [-0.4, -0.2) is 66.4 Å². The highest BCUT2D eigenvalue weighted by Crippen LogP contribution is 2.40. The highest BCUT2D eigenvalue weighted by atomic mass is 16.7. The summed E-state index contributed by atoms with van der Waals surface area (Å²) in [5, 5.41) is 14.1. The molecule has 6 rings (SSSR count). The van der Waals surface area contributed by atoms with E-state index in [4.69, 9.17) is 14.5 Å². The molecule has 10 heteroatoms. The Balaban J connectivity index is 1.35. The first-order valence-corrected chi connectivity index (χ1v) is 12.5. The Labute approximate surface area is 219 Å². The third kappa shape index (κ3) is 4.71. The van der Waals surface area contributed by atoms with Crippen molar-refractivity contribution >= 4 is 28.7 Å². The molecular formula is C28H27N5O5. The van der Waals surface area contributed by atoms with Crippen LogP contribution >= 0.6 is 0 Å². The molecule has 1 saturated heterocycles. The second-order valence-electron chi connectivity index (χ2n) is 9.76. The summed E-state index contributed by atoms with van der Waals surface area (Å²) < 4.78 is 11.0. The van der Waals surface area contributed by atoms with Crippen LogP contribution in [0.25, 0.3) is 0 Å². The first-order chi connectivity index (χ1) is 18.4. The molecule has 10 nitrogen and oxygen atoms in total. The molecule has 194 valence electrons. The molecule has 0 saturated carbocycles. The van der Waals surface area contributed by atoms with Crippen molar-refractivity contribution in [2.24, 2.45) is 4.99 Å². The van der Waals surface area contributed by atoms with Gasteiger partial charge in [0, 0.05) is 50.4 Å². The minimum absolute atomic E-state index is 0.0813. The lowest BCUT2D eigenvalue weighted by Gasteiger charge is -2.32. The number of anilines is 1. The van der Waals surface area contributed by atoms with Gasteiger partial charge in [-0.15, -0.1) is 0 Å². The van der Waals surface area contributed by atoms with Crippen LogP contribution in [0, 0.1) is 10.1 Å². The number of aliphatic imine (C=N–C) groups is 1. The quantitative estimate of drug-likeness (QED) is 0.302. The molecule has 1 amide bonds. The fraction of sp³-hybridized carbons (Fsp3) is 0.286. The molecule has 0 aromatic heterocycles. The zero-order chi connectivity index (χ0) is 26.2. The number of piperazine rings is 1. The predicted octanol–water partition coefficient (Wildman–Crippen LogP) is 3.93. The molecule has 0 bridgehead atoms. The van der Waals surface area contributed by atoms with Crippen LogP contribution < -0.4 is 14.8 Å². The number of rotatable bonds is 6.